The van der Waals surface area contributed by atoms with Crippen LogP contribution in [-0.4, -0.2) is 6.54 Å². The molecule has 0 radical (unpaired) electrons. The molecular weight excluding hydrogens is 256 g/mol. The van der Waals surface area contributed by atoms with Crippen molar-refractivity contribution in [3.05, 3.63) is 71.3 Å². The van der Waals surface area contributed by atoms with Gasteiger partial charge in [0, 0.05) is 6.04 Å². The fourth-order valence-corrected chi connectivity index (χ4v) is 2.16. The second kappa shape index (κ2) is 7.15. The first-order chi connectivity index (χ1) is 9.66. The molecule has 2 aromatic carbocycles. The first kappa shape index (κ1) is 14.7. The standard InChI is InChI=1S/C17H19F2N/c1-13(15-9-10-16(18)17(19)12-15)20-11-5-8-14-6-3-2-4-7-14/h2-4,6-7,9-10,12-13,20H,5,8,11H2,1H3. The Balaban J connectivity index is 1.77. The molecule has 1 unspecified atom stereocenters. The van der Waals surface area contributed by atoms with Gasteiger partial charge in [-0.2, -0.15) is 0 Å². The monoisotopic (exact) mass is 275 g/mol. The van der Waals surface area contributed by atoms with Crippen LogP contribution >= 0.6 is 0 Å². The van der Waals surface area contributed by atoms with Gasteiger partial charge in [-0.05, 0) is 49.6 Å². The predicted octanol–water partition coefficient (Wildman–Crippen LogP) is 4.25. The van der Waals surface area contributed by atoms with Crippen molar-refractivity contribution in [2.75, 3.05) is 6.54 Å². The minimum absolute atomic E-state index is 0.0147. The van der Waals surface area contributed by atoms with E-state index in [4.69, 9.17) is 0 Å². The molecule has 2 rings (SSSR count). The molecule has 1 nitrogen and oxygen atoms in total. The van der Waals surface area contributed by atoms with Crippen LogP contribution in [0.25, 0.3) is 0 Å². The summed E-state index contributed by atoms with van der Waals surface area (Å²) in [6.45, 7) is 2.80. The van der Waals surface area contributed by atoms with Gasteiger partial charge in [0.15, 0.2) is 11.6 Å². The van der Waals surface area contributed by atoms with E-state index in [1.54, 1.807) is 6.07 Å². The number of rotatable bonds is 6. The summed E-state index contributed by atoms with van der Waals surface area (Å²) in [5.74, 6) is -1.59. The van der Waals surface area contributed by atoms with Crippen LogP contribution < -0.4 is 5.32 Å². The molecule has 1 N–H and O–H groups in total. The predicted molar refractivity (Wildman–Crippen MR) is 77.5 cm³/mol. The molecule has 20 heavy (non-hydrogen) atoms. The fourth-order valence-electron chi connectivity index (χ4n) is 2.16. The minimum Gasteiger partial charge on any atom is -0.310 e. The Kier molecular flexibility index (Phi) is 5.24. The number of aryl methyl sites for hydroxylation is 1. The van der Waals surface area contributed by atoms with Gasteiger partial charge >= 0.3 is 0 Å². The van der Waals surface area contributed by atoms with Gasteiger partial charge < -0.3 is 5.32 Å². The quantitative estimate of drug-likeness (QED) is 0.777. The molecular formula is C17H19F2N. The molecule has 0 spiro atoms. The van der Waals surface area contributed by atoms with Gasteiger partial charge in [-0.25, -0.2) is 8.78 Å². The van der Waals surface area contributed by atoms with Crippen molar-refractivity contribution >= 4 is 0 Å². The third-order valence-electron chi connectivity index (χ3n) is 3.38. The molecule has 0 aromatic heterocycles. The molecule has 2 aromatic rings. The SMILES string of the molecule is CC(NCCCc1ccccc1)c1ccc(F)c(F)c1. The summed E-state index contributed by atoms with van der Waals surface area (Å²) >= 11 is 0. The number of nitrogens with one attached hydrogen (secondary N) is 1. The molecule has 106 valence electrons. The first-order valence-corrected chi connectivity index (χ1v) is 6.89. The Labute approximate surface area is 118 Å². The van der Waals surface area contributed by atoms with Crippen LogP contribution in [0.5, 0.6) is 0 Å². The third-order valence-corrected chi connectivity index (χ3v) is 3.38. The number of hydrogen-bond acceptors (Lipinski definition) is 1. The van der Waals surface area contributed by atoms with Gasteiger partial charge in [-0.1, -0.05) is 36.4 Å². The van der Waals surface area contributed by atoms with Gasteiger partial charge in [-0.15, -0.1) is 0 Å². The van der Waals surface area contributed by atoms with Crippen LogP contribution in [0.1, 0.15) is 30.5 Å². The Morgan fingerprint density at radius 2 is 1.75 bits per heavy atom. The van der Waals surface area contributed by atoms with Crippen molar-refractivity contribution in [1.29, 1.82) is 0 Å². The Bertz CT molecular complexity index is 540. The maximum atomic E-state index is 13.1. The van der Waals surface area contributed by atoms with Crippen molar-refractivity contribution in [3.63, 3.8) is 0 Å². The molecule has 0 amide bonds. The normalized spacial score (nSPS) is 12.3. The number of hydrogen-bond donors (Lipinski definition) is 1. The Morgan fingerprint density at radius 1 is 1.00 bits per heavy atom. The van der Waals surface area contributed by atoms with Gasteiger partial charge in [0.1, 0.15) is 0 Å². The lowest BCUT2D eigenvalue weighted by Crippen LogP contribution is -2.20. The second-order valence-electron chi connectivity index (χ2n) is 4.94. The summed E-state index contributed by atoms with van der Waals surface area (Å²) in [5.41, 5.74) is 2.08. The van der Waals surface area contributed by atoms with Crippen molar-refractivity contribution in [3.8, 4) is 0 Å². The van der Waals surface area contributed by atoms with E-state index in [-0.39, 0.29) is 6.04 Å². The number of benzene rings is 2. The van der Waals surface area contributed by atoms with E-state index < -0.39 is 11.6 Å². The van der Waals surface area contributed by atoms with E-state index in [9.17, 15) is 8.78 Å². The molecule has 0 saturated heterocycles. The van der Waals surface area contributed by atoms with E-state index >= 15 is 0 Å². The largest absolute Gasteiger partial charge is 0.310 e. The summed E-state index contributed by atoms with van der Waals surface area (Å²) in [6.07, 6.45) is 2.02. The molecule has 0 heterocycles. The van der Waals surface area contributed by atoms with Crippen molar-refractivity contribution in [2.24, 2.45) is 0 Å². The number of halogens is 2. The zero-order valence-electron chi connectivity index (χ0n) is 11.6. The molecule has 0 aliphatic carbocycles. The maximum absolute atomic E-state index is 13.1. The van der Waals surface area contributed by atoms with Crippen LogP contribution in [0.4, 0.5) is 8.78 Å². The zero-order valence-corrected chi connectivity index (χ0v) is 11.6. The summed E-state index contributed by atoms with van der Waals surface area (Å²) in [7, 11) is 0. The van der Waals surface area contributed by atoms with Crippen molar-refractivity contribution in [1.82, 2.24) is 5.32 Å². The van der Waals surface area contributed by atoms with E-state index in [0.29, 0.717) is 0 Å². The van der Waals surface area contributed by atoms with E-state index in [2.05, 4.69) is 17.4 Å². The topological polar surface area (TPSA) is 12.0 Å². The summed E-state index contributed by atoms with van der Waals surface area (Å²) in [5, 5.41) is 3.33. The van der Waals surface area contributed by atoms with Gasteiger partial charge in [0.05, 0.1) is 0 Å². The molecule has 0 bridgehead atoms. The molecule has 0 aliphatic rings. The van der Waals surface area contributed by atoms with Crippen molar-refractivity contribution in [2.45, 2.75) is 25.8 Å². The van der Waals surface area contributed by atoms with Crippen LogP contribution in [-0.2, 0) is 6.42 Å². The van der Waals surface area contributed by atoms with Crippen LogP contribution in [0.3, 0.4) is 0 Å². The zero-order chi connectivity index (χ0) is 14.4. The molecule has 3 heteroatoms. The highest BCUT2D eigenvalue weighted by atomic mass is 19.2. The van der Waals surface area contributed by atoms with E-state index in [0.717, 1.165) is 24.9 Å². The van der Waals surface area contributed by atoms with Gasteiger partial charge in [0.25, 0.3) is 0 Å². The highest BCUT2D eigenvalue weighted by Crippen LogP contribution is 2.15. The minimum atomic E-state index is -0.801. The van der Waals surface area contributed by atoms with Gasteiger partial charge in [-0.3, -0.25) is 0 Å². The smallest absolute Gasteiger partial charge is 0.159 e. The van der Waals surface area contributed by atoms with Crippen LogP contribution in [0.15, 0.2) is 48.5 Å². The lowest BCUT2D eigenvalue weighted by Gasteiger charge is -2.14. The van der Waals surface area contributed by atoms with Crippen molar-refractivity contribution < 1.29 is 8.78 Å². The Hall–Kier alpha value is -1.74. The lowest BCUT2D eigenvalue weighted by atomic mass is 10.1. The fraction of sp³-hybridized carbons (Fsp3) is 0.294. The molecule has 1 atom stereocenters. The third kappa shape index (κ3) is 4.14. The molecule has 0 fully saturated rings. The second-order valence-corrected chi connectivity index (χ2v) is 4.94. The highest BCUT2D eigenvalue weighted by Gasteiger charge is 2.08. The molecule has 0 aliphatic heterocycles. The lowest BCUT2D eigenvalue weighted by molar-refractivity contribution is 0.500. The average Bonchev–Trinajstić information content (AvgIpc) is 2.47. The van der Waals surface area contributed by atoms with E-state index in [1.165, 1.54) is 17.7 Å². The van der Waals surface area contributed by atoms with E-state index in [1.807, 2.05) is 25.1 Å². The highest BCUT2D eigenvalue weighted by molar-refractivity contribution is 5.20. The van der Waals surface area contributed by atoms with Crippen LogP contribution in [0, 0.1) is 11.6 Å². The molecule has 0 saturated carbocycles. The van der Waals surface area contributed by atoms with Gasteiger partial charge in [0.2, 0.25) is 0 Å². The summed E-state index contributed by atoms with van der Waals surface area (Å²) in [4.78, 5) is 0. The first-order valence-electron chi connectivity index (χ1n) is 6.89. The maximum Gasteiger partial charge on any atom is 0.159 e. The Morgan fingerprint density at radius 3 is 2.45 bits per heavy atom. The summed E-state index contributed by atoms with van der Waals surface area (Å²) < 4.78 is 26.0. The average molecular weight is 275 g/mol. The summed E-state index contributed by atoms with van der Waals surface area (Å²) in [6, 6.07) is 14.4. The van der Waals surface area contributed by atoms with Crippen LogP contribution in [0.2, 0.25) is 0 Å².